The molecule has 0 aliphatic rings. The van der Waals surface area contributed by atoms with Gasteiger partial charge in [-0.1, -0.05) is 45.7 Å². The van der Waals surface area contributed by atoms with Gasteiger partial charge in [0.15, 0.2) is 0 Å². The zero-order chi connectivity index (χ0) is 17.9. The number of halogens is 2. The van der Waals surface area contributed by atoms with Gasteiger partial charge in [-0.3, -0.25) is 0 Å². The zero-order valence-electron chi connectivity index (χ0n) is 14.1. The molecule has 2 aromatic rings. The molecule has 3 nitrogen and oxygen atoms in total. The Bertz CT molecular complexity index is 739. The van der Waals surface area contributed by atoms with Crippen LogP contribution in [-0.4, -0.2) is 12.1 Å². The first-order chi connectivity index (χ1) is 11.3. The van der Waals surface area contributed by atoms with Gasteiger partial charge < -0.3 is 9.47 Å². The molecule has 0 heterocycles. The fraction of sp³-hybridized carbons (Fsp3) is 0.316. The first-order valence-corrected chi connectivity index (χ1v) is 9.34. The van der Waals surface area contributed by atoms with Gasteiger partial charge in [0, 0.05) is 8.95 Å². The Morgan fingerprint density at radius 3 is 2.08 bits per heavy atom. The summed E-state index contributed by atoms with van der Waals surface area (Å²) in [7, 11) is 0. The van der Waals surface area contributed by atoms with E-state index in [1.54, 1.807) is 18.2 Å². The monoisotopic (exact) mass is 454 g/mol. The SMILES string of the molecule is CC(C)Oc1ccc(Br)cc1C(=O)Oc1ccc(Br)cc1C(C)C. The summed E-state index contributed by atoms with van der Waals surface area (Å²) in [5.41, 5.74) is 1.37. The number of carbonyl (C=O) groups is 1. The van der Waals surface area contributed by atoms with Gasteiger partial charge in [-0.2, -0.15) is 0 Å². The van der Waals surface area contributed by atoms with E-state index in [-0.39, 0.29) is 12.0 Å². The van der Waals surface area contributed by atoms with Gasteiger partial charge in [0.1, 0.15) is 17.1 Å². The Kier molecular flexibility index (Phi) is 6.47. The van der Waals surface area contributed by atoms with E-state index in [0.717, 1.165) is 14.5 Å². The van der Waals surface area contributed by atoms with E-state index in [1.807, 2.05) is 32.0 Å². The lowest BCUT2D eigenvalue weighted by Gasteiger charge is -2.16. The van der Waals surface area contributed by atoms with Gasteiger partial charge in [0.25, 0.3) is 0 Å². The highest BCUT2D eigenvalue weighted by Gasteiger charge is 2.19. The predicted octanol–water partition coefficient (Wildman–Crippen LogP) is 6.34. The summed E-state index contributed by atoms with van der Waals surface area (Å²) >= 11 is 6.85. The van der Waals surface area contributed by atoms with Crippen molar-refractivity contribution < 1.29 is 14.3 Å². The molecule has 0 bridgehead atoms. The van der Waals surface area contributed by atoms with Gasteiger partial charge in [-0.25, -0.2) is 4.79 Å². The Hall–Kier alpha value is -1.33. The molecule has 0 saturated carbocycles. The van der Waals surface area contributed by atoms with Crippen LogP contribution in [0.2, 0.25) is 0 Å². The highest BCUT2D eigenvalue weighted by molar-refractivity contribution is 9.10. The zero-order valence-corrected chi connectivity index (χ0v) is 17.3. The molecule has 0 spiro atoms. The first-order valence-electron chi connectivity index (χ1n) is 7.75. The Morgan fingerprint density at radius 1 is 0.917 bits per heavy atom. The Morgan fingerprint density at radius 2 is 1.50 bits per heavy atom. The summed E-state index contributed by atoms with van der Waals surface area (Å²) in [6.45, 7) is 7.96. The van der Waals surface area contributed by atoms with Crippen LogP contribution >= 0.6 is 31.9 Å². The number of hydrogen-bond acceptors (Lipinski definition) is 3. The minimum absolute atomic E-state index is 0.0309. The van der Waals surface area contributed by atoms with Crippen molar-refractivity contribution in [3.05, 3.63) is 56.5 Å². The molecule has 5 heteroatoms. The average Bonchev–Trinajstić information content (AvgIpc) is 2.50. The topological polar surface area (TPSA) is 35.5 Å². The molecule has 0 unspecified atom stereocenters. The van der Waals surface area contributed by atoms with E-state index < -0.39 is 5.97 Å². The molecule has 0 radical (unpaired) electrons. The number of rotatable bonds is 5. The quantitative estimate of drug-likeness (QED) is 0.389. The van der Waals surface area contributed by atoms with Crippen LogP contribution in [0.25, 0.3) is 0 Å². The van der Waals surface area contributed by atoms with E-state index in [9.17, 15) is 4.79 Å². The highest BCUT2D eigenvalue weighted by atomic mass is 79.9. The van der Waals surface area contributed by atoms with Crippen molar-refractivity contribution in [3.8, 4) is 11.5 Å². The molecule has 2 rings (SSSR count). The summed E-state index contributed by atoms with van der Waals surface area (Å²) in [5, 5.41) is 0. The normalized spacial score (nSPS) is 11.0. The van der Waals surface area contributed by atoms with Crippen molar-refractivity contribution in [2.75, 3.05) is 0 Å². The molecule has 0 N–H and O–H groups in total. The van der Waals surface area contributed by atoms with Gasteiger partial charge in [0.2, 0.25) is 0 Å². The van der Waals surface area contributed by atoms with Crippen LogP contribution in [0.15, 0.2) is 45.3 Å². The maximum Gasteiger partial charge on any atom is 0.347 e. The maximum absolute atomic E-state index is 12.7. The molecule has 0 amide bonds. The molecule has 0 saturated heterocycles. The lowest BCUT2D eigenvalue weighted by molar-refractivity contribution is 0.0726. The van der Waals surface area contributed by atoms with Gasteiger partial charge in [-0.15, -0.1) is 0 Å². The summed E-state index contributed by atoms with van der Waals surface area (Å²) in [6.07, 6.45) is -0.0309. The van der Waals surface area contributed by atoms with Gasteiger partial charge >= 0.3 is 5.97 Å². The van der Waals surface area contributed by atoms with E-state index in [2.05, 4.69) is 45.7 Å². The fourth-order valence-electron chi connectivity index (χ4n) is 2.24. The van der Waals surface area contributed by atoms with Crippen LogP contribution in [0, 0.1) is 0 Å². The summed E-state index contributed by atoms with van der Waals surface area (Å²) in [5.74, 6) is 0.880. The molecule has 0 aliphatic carbocycles. The van der Waals surface area contributed by atoms with E-state index in [1.165, 1.54) is 0 Å². The molecule has 0 fully saturated rings. The van der Waals surface area contributed by atoms with Crippen molar-refractivity contribution in [2.24, 2.45) is 0 Å². The van der Waals surface area contributed by atoms with Crippen LogP contribution in [0.1, 0.15) is 49.5 Å². The Labute approximate surface area is 159 Å². The lowest BCUT2D eigenvalue weighted by Crippen LogP contribution is -2.14. The van der Waals surface area contributed by atoms with Crippen molar-refractivity contribution in [2.45, 2.75) is 39.7 Å². The highest BCUT2D eigenvalue weighted by Crippen LogP contribution is 2.31. The Balaban J connectivity index is 2.35. The first kappa shape index (κ1) is 19.0. The molecule has 2 aromatic carbocycles. The smallest absolute Gasteiger partial charge is 0.347 e. The van der Waals surface area contributed by atoms with Crippen molar-refractivity contribution >= 4 is 37.8 Å². The minimum Gasteiger partial charge on any atom is -0.490 e. The average molecular weight is 456 g/mol. The molecule has 0 aliphatic heterocycles. The molecule has 0 atom stereocenters. The molecule has 24 heavy (non-hydrogen) atoms. The van der Waals surface area contributed by atoms with Crippen molar-refractivity contribution in [3.63, 3.8) is 0 Å². The summed E-state index contributed by atoms with van der Waals surface area (Å²) < 4.78 is 13.1. The second-order valence-electron chi connectivity index (χ2n) is 6.03. The second-order valence-corrected chi connectivity index (χ2v) is 7.86. The van der Waals surface area contributed by atoms with Crippen LogP contribution in [0.5, 0.6) is 11.5 Å². The van der Waals surface area contributed by atoms with E-state index in [0.29, 0.717) is 17.1 Å². The van der Waals surface area contributed by atoms with Gasteiger partial charge in [-0.05, 0) is 61.7 Å². The summed E-state index contributed by atoms with van der Waals surface area (Å²) in [4.78, 5) is 12.7. The molecular formula is C19H20Br2O3. The summed E-state index contributed by atoms with van der Waals surface area (Å²) in [6, 6.07) is 11.0. The number of ether oxygens (including phenoxy) is 2. The number of carbonyl (C=O) groups excluding carboxylic acids is 1. The predicted molar refractivity (Wildman–Crippen MR) is 103 cm³/mol. The standard InChI is InChI=1S/C19H20Br2O3/c1-11(2)15-9-13(20)5-7-17(15)24-19(22)16-10-14(21)6-8-18(16)23-12(3)4/h5-12H,1-4H3. The third-order valence-electron chi connectivity index (χ3n) is 3.32. The van der Waals surface area contributed by atoms with Gasteiger partial charge in [0.05, 0.1) is 6.10 Å². The van der Waals surface area contributed by atoms with Crippen LogP contribution in [0.3, 0.4) is 0 Å². The van der Waals surface area contributed by atoms with Crippen molar-refractivity contribution in [1.29, 1.82) is 0 Å². The number of esters is 1. The molecular weight excluding hydrogens is 436 g/mol. The number of hydrogen-bond donors (Lipinski definition) is 0. The van der Waals surface area contributed by atoms with E-state index >= 15 is 0 Å². The molecule has 0 aromatic heterocycles. The van der Waals surface area contributed by atoms with Crippen molar-refractivity contribution in [1.82, 2.24) is 0 Å². The maximum atomic E-state index is 12.7. The number of benzene rings is 2. The largest absolute Gasteiger partial charge is 0.490 e. The van der Waals surface area contributed by atoms with Crippen LogP contribution in [-0.2, 0) is 0 Å². The second kappa shape index (κ2) is 8.17. The van der Waals surface area contributed by atoms with Crippen LogP contribution < -0.4 is 9.47 Å². The third kappa shape index (κ3) is 4.84. The fourth-order valence-corrected chi connectivity index (χ4v) is 2.98. The lowest BCUT2D eigenvalue weighted by atomic mass is 10.0. The third-order valence-corrected chi connectivity index (χ3v) is 4.31. The molecule has 128 valence electrons. The van der Waals surface area contributed by atoms with Crippen LogP contribution in [0.4, 0.5) is 0 Å². The minimum atomic E-state index is -0.434. The van der Waals surface area contributed by atoms with E-state index in [4.69, 9.17) is 9.47 Å².